The Hall–Kier alpha value is -5.14. The highest BCUT2D eigenvalue weighted by molar-refractivity contribution is 5.85. The summed E-state index contributed by atoms with van der Waals surface area (Å²) >= 11 is 0. The number of aromatic nitrogens is 3. The SMILES string of the molecule is CC(C)(C)OC(=O)NCCCCC(NC(=O)OCc1ccccc1)c1nc(-c2nc(-c3nc(C(=O)O)co3)co2)co1. The molecule has 2 amide bonds. The van der Waals surface area contributed by atoms with Crippen molar-refractivity contribution in [2.45, 2.75) is 58.3 Å². The first-order valence-corrected chi connectivity index (χ1v) is 13.1. The standard InChI is InChI=1S/C28H31N5O9/c1-28(2,3)42-26(36)29-12-8-7-11-18(33-27(37)41-13-17-9-5-4-6-10-17)22-30-19(14-38-22)23-31-20(15-39-23)24-32-21(16-40-24)25(34)35/h4-6,9-10,14-16,18H,7-8,11-13H2,1-3H3,(H,29,36)(H,33,37)(H,34,35). The molecule has 0 saturated carbocycles. The van der Waals surface area contributed by atoms with Crippen LogP contribution in [0.5, 0.6) is 0 Å². The second-order valence-electron chi connectivity index (χ2n) is 10.1. The number of nitrogens with one attached hydrogen (secondary N) is 2. The number of carbonyl (C=O) groups excluding carboxylic acids is 2. The van der Waals surface area contributed by atoms with Gasteiger partial charge in [0.25, 0.3) is 0 Å². The molecule has 0 bridgehead atoms. The highest BCUT2D eigenvalue weighted by Gasteiger charge is 2.24. The average molecular weight is 582 g/mol. The predicted octanol–water partition coefficient (Wildman–Crippen LogP) is 5.35. The predicted molar refractivity (Wildman–Crippen MR) is 145 cm³/mol. The summed E-state index contributed by atoms with van der Waals surface area (Å²) in [4.78, 5) is 48.1. The molecule has 0 aliphatic rings. The first-order valence-electron chi connectivity index (χ1n) is 13.1. The smallest absolute Gasteiger partial charge is 0.408 e. The summed E-state index contributed by atoms with van der Waals surface area (Å²) in [5.74, 6) is -1.02. The molecule has 0 spiro atoms. The molecule has 3 N–H and O–H groups in total. The zero-order valence-corrected chi connectivity index (χ0v) is 23.3. The summed E-state index contributed by atoms with van der Waals surface area (Å²) in [6, 6.07) is 8.58. The summed E-state index contributed by atoms with van der Waals surface area (Å²) in [5.41, 5.74) is 0.363. The molecule has 0 radical (unpaired) electrons. The number of ether oxygens (including phenoxy) is 2. The van der Waals surface area contributed by atoms with Crippen molar-refractivity contribution in [2.75, 3.05) is 6.54 Å². The van der Waals surface area contributed by atoms with Crippen LogP contribution in [0.15, 0.2) is 62.4 Å². The molecule has 14 nitrogen and oxygen atoms in total. The van der Waals surface area contributed by atoms with Crippen LogP contribution < -0.4 is 10.6 Å². The van der Waals surface area contributed by atoms with E-state index in [9.17, 15) is 14.4 Å². The van der Waals surface area contributed by atoms with Gasteiger partial charge in [0, 0.05) is 6.54 Å². The summed E-state index contributed by atoms with van der Waals surface area (Å²) < 4.78 is 26.9. The number of carbonyl (C=O) groups is 3. The molecule has 3 aromatic heterocycles. The number of aromatic carboxylic acids is 1. The zero-order valence-electron chi connectivity index (χ0n) is 23.3. The van der Waals surface area contributed by atoms with Crippen molar-refractivity contribution in [2.24, 2.45) is 0 Å². The van der Waals surface area contributed by atoms with E-state index in [2.05, 4.69) is 25.6 Å². The Bertz CT molecular complexity index is 1490. The number of benzene rings is 1. The molecule has 4 aromatic rings. The maximum atomic E-state index is 12.6. The quantitative estimate of drug-likeness (QED) is 0.182. The van der Waals surface area contributed by atoms with E-state index in [1.807, 2.05) is 30.3 Å². The minimum atomic E-state index is -1.24. The van der Waals surface area contributed by atoms with E-state index in [0.29, 0.717) is 25.8 Å². The number of carboxylic acid groups (broad SMARTS) is 1. The van der Waals surface area contributed by atoms with Gasteiger partial charge in [-0.25, -0.2) is 29.3 Å². The van der Waals surface area contributed by atoms with Crippen LogP contribution in [0.3, 0.4) is 0 Å². The number of hydrogen-bond donors (Lipinski definition) is 3. The summed E-state index contributed by atoms with van der Waals surface area (Å²) in [6.07, 6.45) is 4.00. The topological polar surface area (TPSA) is 192 Å². The van der Waals surface area contributed by atoms with Gasteiger partial charge in [0.05, 0.1) is 0 Å². The molecular formula is C28H31N5O9. The van der Waals surface area contributed by atoms with Gasteiger partial charge in [0.2, 0.25) is 17.7 Å². The maximum absolute atomic E-state index is 12.6. The van der Waals surface area contributed by atoms with E-state index >= 15 is 0 Å². The normalized spacial score (nSPS) is 12.0. The fraction of sp³-hybridized carbons (Fsp3) is 0.357. The Morgan fingerprint density at radius 2 is 1.60 bits per heavy atom. The van der Waals surface area contributed by atoms with Crippen LogP contribution in [-0.4, -0.2) is 50.4 Å². The molecule has 1 aromatic carbocycles. The number of carboxylic acids is 1. The molecule has 14 heteroatoms. The van der Waals surface area contributed by atoms with E-state index in [1.54, 1.807) is 20.8 Å². The monoisotopic (exact) mass is 581 g/mol. The van der Waals surface area contributed by atoms with Crippen molar-refractivity contribution in [1.82, 2.24) is 25.6 Å². The van der Waals surface area contributed by atoms with E-state index in [0.717, 1.165) is 11.8 Å². The van der Waals surface area contributed by atoms with Gasteiger partial charge < -0.3 is 38.5 Å². The van der Waals surface area contributed by atoms with Crippen molar-refractivity contribution in [3.8, 4) is 23.2 Å². The third kappa shape index (κ3) is 8.68. The fourth-order valence-electron chi connectivity index (χ4n) is 3.67. The van der Waals surface area contributed by atoms with E-state index in [-0.39, 0.29) is 41.4 Å². The molecule has 0 fully saturated rings. The number of alkyl carbamates (subject to hydrolysis) is 2. The van der Waals surface area contributed by atoms with Crippen molar-refractivity contribution in [3.63, 3.8) is 0 Å². The molecule has 0 aliphatic carbocycles. The lowest BCUT2D eigenvalue weighted by Crippen LogP contribution is -2.33. The second kappa shape index (κ2) is 13.5. The van der Waals surface area contributed by atoms with Gasteiger partial charge >= 0.3 is 18.2 Å². The van der Waals surface area contributed by atoms with Crippen molar-refractivity contribution in [3.05, 3.63) is 66.3 Å². The Morgan fingerprint density at radius 3 is 2.31 bits per heavy atom. The van der Waals surface area contributed by atoms with Gasteiger partial charge in [-0.3, -0.25) is 0 Å². The second-order valence-corrected chi connectivity index (χ2v) is 10.1. The maximum Gasteiger partial charge on any atom is 0.408 e. The van der Waals surface area contributed by atoms with Gasteiger partial charge in [-0.2, -0.15) is 0 Å². The summed E-state index contributed by atoms with van der Waals surface area (Å²) in [6.45, 7) is 5.81. The average Bonchev–Trinajstić information content (AvgIpc) is 3.71. The lowest BCUT2D eigenvalue weighted by atomic mass is 10.1. The van der Waals surface area contributed by atoms with E-state index < -0.39 is 29.8 Å². The summed E-state index contributed by atoms with van der Waals surface area (Å²) in [5, 5.41) is 14.5. The van der Waals surface area contributed by atoms with Gasteiger partial charge in [-0.15, -0.1) is 0 Å². The molecule has 4 rings (SSSR count). The third-order valence-electron chi connectivity index (χ3n) is 5.58. The van der Waals surface area contributed by atoms with Crippen LogP contribution in [0.4, 0.5) is 9.59 Å². The summed E-state index contributed by atoms with van der Waals surface area (Å²) in [7, 11) is 0. The minimum Gasteiger partial charge on any atom is -0.476 e. The number of oxazole rings is 3. The van der Waals surface area contributed by atoms with Crippen molar-refractivity contribution < 1.29 is 42.2 Å². The van der Waals surface area contributed by atoms with Crippen LogP contribution in [0.25, 0.3) is 23.2 Å². The van der Waals surface area contributed by atoms with E-state index in [4.69, 9.17) is 27.8 Å². The van der Waals surface area contributed by atoms with Crippen molar-refractivity contribution >= 4 is 18.2 Å². The number of rotatable bonds is 12. The van der Waals surface area contributed by atoms with Crippen LogP contribution in [-0.2, 0) is 16.1 Å². The van der Waals surface area contributed by atoms with Crippen LogP contribution in [0.2, 0.25) is 0 Å². The Labute approximate surface area is 240 Å². The molecule has 1 atom stereocenters. The molecule has 3 heterocycles. The Kier molecular flexibility index (Phi) is 9.57. The molecular weight excluding hydrogens is 550 g/mol. The lowest BCUT2D eigenvalue weighted by molar-refractivity contribution is 0.0526. The number of hydrogen-bond acceptors (Lipinski definition) is 11. The number of unbranched alkanes of at least 4 members (excludes halogenated alkanes) is 1. The molecule has 1 unspecified atom stereocenters. The number of nitrogens with zero attached hydrogens (tertiary/aromatic N) is 3. The van der Waals surface area contributed by atoms with Crippen LogP contribution >= 0.6 is 0 Å². The Morgan fingerprint density at radius 1 is 0.905 bits per heavy atom. The molecule has 42 heavy (non-hydrogen) atoms. The fourth-order valence-corrected chi connectivity index (χ4v) is 3.67. The highest BCUT2D eigenvalue weighted by Crippen LogP contribution is 2.27. The lowest BCUT2D eigenvalue weighted by Gasteiger charge is -2.19. The minimum absolute atomic E-state index is 0.0354. The molecule has 222 valence electrons. The van der Waals surface area contributed by atoms with Gasteiger partial charge in [-0.05, 0) is 45.6 Å². The number of amides is 2. The van der Waals surface area contributed by atoms with Gasteiger partial charge in [0.15, 0.2) is 17.1 Å². The first-order chi connectivity index (χ1) is 20.1. The van der Waals surface area contributed by atoms with E-state index in [1.165, 1.54) is 12.5 Å². The Balaban J connectivity index is 1.40. The first kappa shape index (κ1) is 29.8. The van der Waals surface area contributed by atoms with Crippen molar-refractivity contribution in [1.29, 1.82) is 0 Å². The third-order valence-corrected chi connectivity index (χ3v) is 5.58. The molecule has 0 aliphatic heterocycles. The van der Waals surface area contributed by atoms with Gasteiger partial charge in [-0.1, -0.05) is 30.3 Å². The largest absolute Gasteiger partial charge is 0.476 e. The van der Waals surface area contributed by atoms with Crippen LogP contribution in [0.1, 0.15) is 68.0 Å². The molecule has 0 saturated heterocycles. The zero-order chi connectivity index (χ0) is 30.1. The highest BCUT2D eigenvalue weighted by atomic mass is 16.6. The van der Waals surface area contributed by atoms with Gasteiger partial charge in [0.1, 0.15) is 37.0 Å². The van der Waals surface area contributed by atoms with Crippen LogP contribution in [0, 0.1) is 0 Å².